The fourth-order valence-electron chi connectivity index (χ4n) is 3.03. The van der Waals surface area contributed by atoms with Crippen LogP contribution in [-0.2, 0) is 9.59 Å². The summed E-state index contributed by atoms with van der Waals surface area (Å²) in [6.07, 6.45) is 4.11. The molecule has 0 aliphatic carbocycles. The van der Waals surface area contributed by atoms with Gasteiger partial charge in [-0.1, -0.05) is 0 Å². The summed E-state index contributed by atoms with van der Waals surface area (Å²) in [4.78, 5) is 25.1. The van der Waals surface area contributed by atoms with Crippen molar-refractivity contribution in [3.8, 4) is 0 Å². The van der Waals surface area contributed by atoms with E-state index >= 15 is 0 Å². The van der Waals surface area contributed by atoms with Crippen LogP contribution in [0.5, 0.6) is 0 Å². The zero-order valence-corrected chi connectivity index (χ0v) is 10.9. The largest absolute Gasteiger partial charge is 0.481 e. The van der Waals surface area contributed by atoms with Gasteiger partial charge in [-0.2, -0.15) is 0 Å². The van der Waals surface area contributed by atoms with Gasteiger partial charge in [0.25, 0.3) is 0 Å². The highest BCUT2D eigenvalue weighted by atomic mass is 16.4. The van der Waals surface area contributed by atoms with Crippen LogP contribution in [0.4, 0.5) is 0 Å². The van der Waals surface area contributed by atoms with E-state index in [9.17, 15) is 14.7 Å². The van der Waals surface area contributed by atoms with Gasteiger partial charge in [0.1, 0.15) is 0 Å². The van der Waals surface area contributed by atoms with Crippen LogP contribution in [-0.4, -0.2) is 47.6 Å². The lowest BCUT2D eigenvalue weighted by molar-refractivity contribution is -0.151. The molecule has 2 atom stereocenters. The summed E-state index contributed by atoms with van der Waals surface area (Å²) < 4.78 is 0. The third-order valence-corrected chi connectivity index (χ3v) is 4.22. The van der Waals surface area contributed by atoms with Crippen molar-refractivity contribution < 1.29 is 14.7 Å². The second-order valence-electron chi connectivity index (χ2n) is 5.79. The Labute approximate surface area is 108 Å². The molecule has 2 unspecified atom stereocenters. The van der Waals surface area contributed by atoms with E-state index in [0.717, 1.165) is 38.8 Å². The minimum Gasteiger partial charge on any atom is -0.481 e. The number of carboxylic acids is 1. The Balaban J connectivity index is 2.03. The zero-order chi connectivity index (χ0) is 13.2. The van der Waals surface area contributed by atoms with Crippen LogP contribution in [0.25, 0.3) is 0 Å². The summed E-state index contributed by atoms with van der Waals surface area (Å²) in [7, 11) is 0. The summed E-state index contributed by atoms with van der Waals surface area (Å²) in [5, 5.41) is 12.2. The number of carbonyl (C=O) groups excluding carboxylic acids is 1. The molecule has 0 aromatic carbocycles. The van der Waals surface area contributed by atoms with Crippen LogP contribution < -0.4 is 5.32 Å². The van der Waals surface area contributed by atoms with Crippen LogP contribution in [0.3, 0.4) is 0 Å². The maximum absolute atomic E-state index is 11.6. The fourth-order valence-corrected chi connectivity index (χ4v) is 3.03. The van der Waals surface area contributed by atoms with Gasteiger partial charge in [-0.25, -0.2) is 0 Å². The smallest absolute Gasteiger partial charge is 0.310 e. The van der Waals surface area contributed by atoms with Crippen molar-refractivity contribution in [2.24, 2.45) is 5.41 Å². The molecule has 2 aliphatic rings. The van der Waals surface area contributed by atoms with Crippen molar-refractivity contribution in [3.05, 3.63) is 0 Å². The van der Waals surface area contributed by atoms with Crippen molar-refractivity contribution in [2.75, 3.05) is 19.6 Å². The van der Waals surface area contributed by atoms with E-state index in [0.29, 0.717) is 13.0 Å². The standard InChI is InChI=1S/C13H22N2O3/c1-13(12(17)18)5-3-7-15(9-13)10-4-2-6-14-11(16)8-10/h10H,2-9H2,1H3,(H,14,16)(H,17,18). The van der Waals surface area contributed by atoms with Crippen LogP contribution in [0.2, 0.25) is 0 Å². The normalized spacial score (nSPS) is 34.7. The maximum atomic E-state index is 11.6. The van der Waals surface area contributed by atoms with Crippen molar-refractivity contribution in [3.63, 3.8) is 0 Å². The van der Waals surface area contributed by atoms with Crippen molar-refractivity contribution in [1.82, 2.24) is 10.2 Å². The quantitative estimate of drug-likeness (QED) is 0.766. The summed E-state index contributed by atoms with van der Waals surface area (Å²) in [5.74, 6) is -0.620. The van der Waals surface area contributed by atoms with E-state index in [2.05, 4.69) is 10.2 Å². The Morgan fingerprint density at radius 1 is 1.50 bits per heavy atom. The number of aliphatic carboxylic acids is 1. The lowest BCUT2D eigenvalue weighted by Crippen LogP contribution is -2.50. The number of hydrogen-bond acceptors (Lipinski definition) is 3. The molecule has 0 bridgehead atoms. The van der Waals surface area contributed by atoms with E-state index in [1.165, 1.54) is 0 Å². The SMILES string of the molecule is CC1(C(=O)O)CCCN(C2CCCNC(=O)C2)C1. The Bertz CT molecular complexity index is 345. The predicted octanol–water partition coefficient (Wildman–Crippen LogP) is 0.842. The highest BCUT2D eigenvalue weighted by molar-refractivity contribution is 5.77. The molecule has 18 heavy (non-hydrogen) atoms. The lowest BCUT2D eigenvalue weighted by atomic mass is 9.81. The number of nitrogens with zero attached hydrogens (tertiary/aromatic N) is 1. The molecule has 2 rings (SSSR count). The fraction of sp³-hybridized carbons (Fsp3) is 0.846. The number of nitrogens with one attached hydrogen (secondary N) is 1. The highest BCUT2D eigenvalue weighted by Gasteiger charge is 2.40. The van der Waals surface area contributed by atoms with E-state index in [1.807, 2.05) is 6.92 Å². The minimum atomic E-state index is -0.717. The Morgan fingerprint density at radius 2 is 2.28 bits per heavy atom. The van der Waals surface area contributed by atoms with E-state index in [4.69, 9.17) is 0 Å². The highest BCUT2D eigenvalue weighted by Crippen LogP contribution is 2.32. The van der Waals surface area contributed by atoms with Crippen molar-refractivity contribution in [2.45, 2.75) is 45.1 Å². The number of rotatable bonds is 2. The molecule has 2 fully saturated rings. The monoisotopic (exact) mass is 254 g/mol. The molecule has 0 aromatic heterocycles. The second kappa shape index (κ2) is 5.26. The minimum absolute atomic E-state index is 0.0973. The molecule has 2 saturated heterocycles. The number of carbonyl (C=O) groups is 2. The summed E-state index contributed by atoms with van der Waals surface area (Å²) >= 11 is 0. The van der Waals surface area contributed by atoms with Crippen LogP contribution >= 0.6 is 0 Å². The summed E-state index contributed by atoms with van der Waals surface area (Å²) in [5.41, 5.74) is -0.652. The molecular formula is C13H22N2O3. The zero-order valence-electron chi connectivity index (χ0n) is 10.9. The van der Waals surface area contributed by atoms with Gasteiger partial charge in [0, 0.05) is 25.6 Å². The van der Waals surface area contributed by atoms with Gasteiger partial charge in [-0.15, -0.1) is 0 Å². The molecule has 2 N–H and O–H groups in total. The van der Waals surface area contributed by atoms with Gasteiger partial charge in [0.15, 0.2) is 0 Å². The third-order valence-electron chi connectivity index (χ3n) is 4.22. The Hall–Kier alpha value is -1.10. The molecule has 0 aromatic rings. The summed E-state index contributed by atoms with van der Waals surface area (Å²) in [6.45, 7) is 4.05. The first-order valence-corrected chi connectivity index (χ1v) is 6.75. The van der Waals surface area contributed by atoms with Gasteiger partial charge in [0.05, 0.1) is 5.41 Å². The number of hydrogen-bond donors (Lipinski definition) is 2. The molecule has 2 aliphatic heterocycles. The Kier molecular flexibility index (Phi) is 3.90. The van der Waals surface area contributed by atoms with Crippen LogP contribution in [0.15, 0.2) is 0 Å². The van der Waals surface area contributed by atoms with Crippen LogP contribution in [0.1, 0.15) is 39.0 Å². The molecule has 5 nitrogen and oxygen atoms in total. The van der Waals surface area contributed by atoms with E-state index in [-0.39, 0.29) is 11.9 Å². The Morgan fingerprint density at radius 3 is 3.00 bits per heavy atom. The van der Waals surface area contributed by atoms with E-state index in [1.54, 1.807) is 0 Å². The summed E-state index contributed by atoms with van der Waals surface area (Å²) in [6, 6.07) is 0.214. The first-order valence-electron chi connectivity index (χ1n) is 6.75. The van der Waals surface area contributed by atoms with E-state index < -0.39 is 11.4 Å². The third kappa shape index (κ3) is 2.83. The van der Waals surface area contributed by atoms with Crippen molar-refractivity contribution in [1.29, 1.82) is 0 Å². The number of amides is 1. The number of carboxylic acid groups (broad SMARTS) is 1. The van der Waals surface area contributed by atoms with Gasteiger partial charge >= 0.3 is 5.97 Å². The van der Waals surface area contributed by atoms with Crippen molar-refractivity contribution >= 4 is 11.9 Å². The molecule has 102 valence electrons. The number of likely N-dealkylation sites (tertiary alicyclic amines) is 1. The molecule has 2 heterocycles. The molecule has 5 heteroatoms. The number of piperidine rings is 1. The molecule has 0 spiro atoms. The van der Waals surface area contributed by atoms with Crippen LogP contribution in [0, 0.1) is 5.41 Å². The average Bonchev–Trinajstić information content (AvgIpc) is 2.54. The molecular weight excluding hydrogens is 232 g/mol. The second-order valence-corrected chi connectivity index (χ2v) is 5.79. The molecule has 1 amide bonds. The average molecular weight is 254 g/mol. The first-order chi connectivity index (χ1) is 8.51. The molecule has 0 radical (unpaired) electrons. The topological polar surface area (TPSA) is 69.6 Å². The van der Waals surface area contributed by atoms with Gasteiger partial charge in [-0.3, -0.25) is 14.5 Å². The maximum Gasteiger partial charge on any atom is 0.310 e. The predicted molar refractivity (Wildman–Crippen MR) is 67.2 cm³/mol. The van der Waals surface area contributed by atoms with Gasteiger partial charge in [-0.05, 0) is 39.2 Å². The van der Waals surface area contributed by atoms with Gasteiger partial charge < -0.3 is 10.4 Å². The lowest BCUT2D eigenvalue weighted by Gasteiger charge is -2.41. The molecule has 0 saturated carbocycles. The van der Waals surface area contributed by atoms with Gasteiger partial charge in [0.2, 0.25) is 5.91 Å². The first kappa shape index (κ1) is 13.3.